The van der Waals surface area contributed by atoms with Crippen LogP contribution in [0.2, 0.25) is 0 Å². The number of rotatable bonds is 9. The molecule has 1 heterocycles. The van der Waals surface area contributed by atoms with E-state index in [-0.39, 0.29) is 30.0 Å². The number of hydrogen-bond donors (Lipinski definition) is 2. The highest BCUT2D eigenvalue weighted by Gasteiger charge is 2.09. The lowest BCUT2D eigenvalue weighted by Gasteiger charge is -2.18. The van der Waals surface area contributed by atoms with Crippen molar-refractivity contribution < 1.29 is 0 Å². The minimum absolute atomic E-state index is 0. The number of halogens is 1. The van der Waals surface area contributed by atoms with Gasteiger partial charge in [0.05, 0.1) is 6.04 Å². The highest BCUT2D eigenvalue weighted by atomic mass is 127. The highest BCUT2D eigenvalue weighted by Crippen LogP contribution is 2.11. The minimum Gasteiger partial charge on any atom is -0.356 e. The van der Waals surface area contributed by atoms with Crippen LogP contribution in [0.4, 0.5) is 0 Å². The molecule has 2 N–H and O–H groups in total. The van der Waals surface area contributed by atoms with Crippen LogP contribution < -0.4 is 10.6 Å². The molecule has 1 atom stereocenters. The molecule has 0 radical (unpaired) electrons. The van der Waals surface area contributed by atoms with Crippen LogP contribution in [0.15, 0.2) is 35.3 Å². The Balaban J connectivity index is 0.00000364. The number of nitrogens with one attached hydrogen (secondary N) is 2. The van der Waals surface area contributed by atoms with Gasteiger partial charge in [0.2, 0.25) is 0 Å². The molecular formula is C19H31IN6S. The smallest absolute Gasteiger partial charge is 0.192 e. The van der Waals surface area contributed by atoms with Crippen LogP contribution in [0.25, 0.3) is 0 Å². The van der Waals surface area contributed by atoms with E-state index >= 15 is 0 Å². The van der Waals surface area contributed by atoms with E-state index in [9.17, 15) is 0 Å². The zero-order valence-electron chi connectivity index (χ0n) is 16.6. The Labute approximate surface area is 184 Å². The molecule has 0 spiro atoms. The minimum atomic E-state index is 0. The second-order valence-corrected chi connectivity index (χ2v) is 7.28. The summed E-state index contributed by atoms with van der Waals surface area (Å²) in [6.07, 6.45) is 4.48. The van der Waals surface area contributed by atoms with Gasteiger partial charge in [0.25, 0.3) is 0 Å². The predicted octanol–water partition coefficient (Wildman–Crippen LogP) is 3.68. The standard InChI is InChI=1S/C19H30N6S.HI/c1-15(17-10-6-5-7-11-17)22-19(20-12-8-9-13-26-4)21-14-18-24-23-16(2)25(18)3;/h5-7,10-11,15H,8-9,12-14H2,1-4H3,(H2,20,21,22);1H. The van der Waals surface area contributed by atoms with Crippen molar-refractivity contribution in [1.82, 2.24) is 25.4 Å². The highest BCUT2D eigenvalue weighted by molar-refractivity contribution is 14.0. The van der Waals surface area contributed by atoms with Gasteiger partial charge in [0.15, 0.2) is 11.8 Å². The lowest BCUT2D eigenvalue weighted by atomic mass is 10.1. The number of aromatic nitrogens is 3. The molecule has 0 fully saturated rings. The van der Waals surface area contributed by atoms with E-state index in [2.05, 4.69) is 58.3 Å². The van der Waals surface area contributed by atoms with Gasteiger partial charge in [-0.25, -0.2) is 4.99 Å². The lowest BCUT2D eigenvalue weighted by Crippen LogP contribution is -2.39. The molecule has 1 aromatic heterocycles. The normalized spacial score (nSPS) is 12.4. The fraction of sp³-hybridized carbons (Fsp3) is 0.526. The molecule has 2 rings (SSSR count). The number of unbranched alkanes of at least 4 members (excludes halogenated alkanes) is 1. The number of nitrogens with zero attached hydrogens (tertiary/aromatic N) is 4. The molecule has 0 aliphatic rings. The summed E-state index contributed by atoms with van der Waals surface area (Å²) in [5.74, 6) is 3.76. The molecule has 27 heavy (non-hydrogen) atoms. The summed E-state index contributed by atoms with van der Waals surface area (Å²) in [7, 11) is 1.97. The van der Waals surface area contributed by atoms with Gasteiger partial charge in [-0.1, -0.05) is 30.3 Å². The van der Waals surface area contributed by atoms with Crippen LogP contribution in [0.1, 0.15) is 43.0 Å². The van der Waals surface area contributed by atoms with Crippen LogP contribution in [0.5, 0.6) is 0 Å². The first-order valence-corrected chi connectivity index (χ1v) is 10.4. The maximum Gasteiger partial charge on any atom is 0.192 e. The van der Waals surface area contributed by atoms with Crippen molar-refractivity contribution in [2.75, 3.05) is 18.6 Å². The third-order valence-corrected chi connectivity index (χ3v) is 4.98. The zero-order chi connectivity index (χ0) is 18.8. The monoisotopic (exact) mass is 502 g/mol. The van der Waals surface area contributed by atoms with E-state index in [4.69, 9.17) is 4.99 Å². The zero-order valence-corrected chi connectivity index (χ0v) is 19.8. The van der Waals surface area contributed by atoms with Crippen molar-refractivity contribution in [2.45, 2.75) is 39.3 Å². The van der Waals surface area contributed by atoms with Gasteiger partial charge in [-0.15, -0.1) is 34.2 Å². The van der Waals surface area contributed by atoms with Crippen LogP contribution >= 0.6 is 35.7 Å². The van der Waals surface area contributed by atoms with Crippen molar-refractivity contribution in [2.24, 2.45) is 12.0 Å². The van der Waals surface area contributed by atoms with Crippen molar-refractivity contribution in [3.8, 4) is 0 Å². The number of guanidine groups is 1. The van der Waals surface area contributed by atoms with Gasteiger partial charge in [0.1, 0.15) is 12.4 Å². The van der Waals surface area contributed by atoms with Gasteiger partial charge in [-0.05, 0) is 44.3 Å². The molecular weight excluding hydrogens is 471 g/mol. The molecule has 0 bridgehead atoms. The molecule has 6 nitrogen and oxygen atoms in total. The number of hydrogen-bond acceptors (Lipinski definition) is 4. The second-order valence-electron chi connectivity index (χ2n) is 6.29. The number of benzene rings is 1. The Kier molecular flexibility index (Phi) is 11.4. The fourth-order valence-corrected chi connectivity index (χ4v) is 2.99. The Bertz CT molecular complexity index is 689. The third-order valence-electron chi connectivity index (χ3n) is 4.28. The Hall–Kier alpha value is -1.29. The molecule has 0 aliphatic carbocycles. The summed E-state index contributed by atoms with van der Waals surface area (Å²) in [6, 6.07) is 10.6. The van der Waals surface area contributed by atoms with Crippen LogP contribution in [0, 0.1) is 6.92 Å². The van der Waals surface area contributed by atoms with Gasteiger partial charge in [-0.3, -0.25) is 0 Å². The van der Waals surface area contributed by atoms with E-state index in [1.165, 1.54) is 17.7 Å². The molecule has 8 heteroatoms. The van der Waals surface area contributed by atoms with Gasteiger partial charge in [-0.2, -0.15) is 11.8 Å². The molecule has 2 aromatic rings. The average molecular weight is 502 g/mol. The van der Waals surface area contributed by atoms with E-state index in [1.54, 1.807) is 0 Å². The molecule has 150 valence electrons. The van der Waals surface area contributed by atoms with Crippen molar-refractivity contribution in [3.63, 3.8) is 0 Å². The lowest BCUT2D eigenvalue weighted by molar-refractivity contribution is 0.664. The largest absolute Gasteiger partial charge is 0.356 e. The summed E-state index contributed by atoms with van der Waals surface area (Å²) in [6.45, 7) is 5.50. The number of aliphatic imine (C=N–C) groups is 1. The van der Waals surface area contributed by atoms with Crippen LogP contribution in [0.3, 0.4) is 0 Å². The van der Waals surface area contributed by atoms with E-state index < -0.39 is 0 Å². The van der Waals surface area contributed by atoms with Crippen molar-refractivity contribution in [1.29, 1.82) is 0 Å². The molecule has 0 aliphatic heterocycles. The third kappa shape index (κ3) is 8.08. The summed E-state index contributed by atoms with van der Waals surface area (Å²) in [5.41, 5.74) is 1.24. The molecule has 0 saturated carbocycles. The predicted molar refractivity (Wildman–Crippen MR) is 126 cm³/mol. The first kappa shape index (κ1) is 23.7. The van der Waals surface area contributed by atoms with Crippen molar-refractivity contribution in [3.05, 3.63) is 47.5 Å². The van der Waals surface area contributed by atoms with Crippen molar-refractivity contribution >= 4 is 41.7 Å². The molecule has 1 unspecified atom stereocenters. The molecule has 0 saturated heterocycles. The van der Waals surface area contributed by atoms with Gasteiger partial charge < -0.3 is 15.2 Å². The van der Waals surface area contributed by atoms with Gasteiger partial charge in [0, 0.05) is 13.6 Å². The van der Waals surface area contributed by atoms with Gasteiger partial charge >= 0.3 is 0 Å². The Morgan fingerprint density at radius 3 is 2.59 bits per heavy atom. The summed E-state index contributed by atoms with van der Waals surface area (Å²) < 4.78 is 1.97. The average Bonchev–Trinajstić information content (AvgIpc) is 2.98. The summed E-state index contributed by atoms with van der Waals surface area (Å²) in [5, 5.41) is 15.2. The van der Waals surface area contributed by atoms with E-state index in [1.807, 2.05) is 36.4 Å². The Morgan fingerprint density at radius 2 is 1.96 bits per heavy atom. The van der Waals surface area contributed by atoms with Crippen LogP contribution in [-0.4, -0.2) is 39.3 Å². The maximum atomic E-state index is 4.72. The topological polar surface area (TPSA) is 67.1 Å². The number of aryl methyl sites for hydroxylation is 1. The second kappa shape index (κ2) is 13.0. The van der Waals surface area contributed by atoms with E-state index in [0.717, 1.165) is 30.6 Å². The Morgan fingerprint density at radius 1 is 1.22 bits per heavy atom. The summed E-state index contributed by atoms with van der Waals surface area (Å²) >= 11 is 1.89. The molecule has 1 aromatic carbocycles. The fourth-order valence-electron chi connectivity index (χ4n) is 2.50. The SMILES string of the molecule is CSCCCCNC(=NCc1nnc(C)n1C)NC(C)c1ccccc1.I. The maximum absolute atomic E-state index is 4.72. The first-order chi connectivity index (χ1) is 12.6. The quantitative estimate of drug-likeness (QED) is 0.237. The number of thioether (sulfide) groups is 1. The van der Waals surface area contributed by atoms with E-state index in [0.29, 0.717) is 6.54 Å². The first-order valence-electron chi connectivity index (χ1n) is 9.05. The molecule has 0 amide bonds. The summed E-state index contributed by atoms with van der Waals surface area (Å²) in [4.78, 5) is 4.72. The van der Waals surface area contributed by atoms with Crippen LogP contribution in [-0.2, 0) is 13.6 Å².